The second-order valence-electron chi connectivity index (χ2n) is 3.50. The van der Waals surface area contributed by atoms with Gasteiger partial charge in [0.15, 0.2) is 0 Å². The normalized spacial score (nSPS) is 11.1. The number of aryl methyl sites for hydroxylation is 1. The molecule has 0 amide bonds. The van der Waals surface area contributed by atoms with Crippen LogP contribution in [0.5, 0.6) is 0 Å². The van der Waals surface area contributed by atoms with Crippen LogP contribution in [0.1, 0.15) is 12.7 Å². The largest absolute Gasteiger partial charge is 0.330 e. The van der Waals surface area contributed by atoms with Crippen molar-refractivity contribution in [1.29, 1.82) is 0 Å². The Morgan fingerprint density at radius 2 is 2.27 bits per heavy atom. The fourth-order valence-corrected chi connectivity index (χ4v) is 1.61. The molecule has 0 aliphatic rings. The molecule has 0 bridgehead atoms. The van der Waals surface area contributed by atoms with Crippen molar-refractivity contribution in [3.63, 3.8) is 0 Å². The molecule has 2 aromatic rings. The van der Waals surface area contributed by atoms with Crippen LogP contribution in [-0.4, -0.2) is 16.1 Å². The lowest BCUT2D eigenvalue weighted by Crippen LogP contribution is -2.15. The number of nitrogens with zero attached hydrogens (tertiary/aromatic N) is 2. The zero-order valence-corrected chi connectivity index (χ0v) is 8.92. The molecule has 0 aliphatic heterocycles. The van der Waals surface area contributed by atoms with Gasteiger partial charge in [-0.3, -0.25) is 0 Å². The van der Waals surface area contributed by atoms with Crippen molar-refractivity contribution in [3.05, 3.63) is 29.8 Å². The minimum Gasteiger partial charge on any atom is -0.330 e. The summed E-state index contributed by atoms with van der Waals surface area (Å²) >= 11 is 0. The summed E-state index contributed by atoms with van der Waals surface area (Å²) in [6.07, 6.45) is 0. The highest BCUT2D eigenvalue weighted by Crippen LogP contribution is 2.15. The minimum absolute atomic E-state index is 0.222. The smallest absolute Gasteiger partial charge is 0.125 e. The molecule has 1 N–H and O–H groups in total. The summed E-state index contributed by atoms with van der Waals surface area (Å²) in [5, 5.41) is 3.20. The summed E-state index contributed by atoms with van der Waals surface area (Å²) in [4.78, 5) is 4.42. The topological polar surface area (TPSA) is 29.9 Å². The van der Waals surface area contributed by atoms with Crippen molar-refractivity contribution in [1.82, 2.24) is 14.9 Å². The minimum atomic E-state index is -0.222. The third-order valence-electron chi connectivity index (χ3n) is 2.47. The Morgan fingerprint density at radius 1 is 1.47 bits per heavy atom. The van der Waals surface area contributed by atoms with Gasteiger partial charge in [0.1, 0.15) is 11.6 Å². The number of hydrogen-bond acceptors (Lipinski definition) is 2. The third-order valence-corrected chi connectivity index (χ3v) is 2.47. The van der Waals surface area contributed by atoms with Crippen molar-refractivity contribution in [2.24, 2.45) is 7.05 Å². The zero-order valence-electron chi connectivity index (χ0n) is 8.92. The maximum Gasteiger partial charge on any atom is 0.125 e. The zero-order chi connectivity index (χ0) is 10.8. The molecular formula is C11H14FN3. The highest BCUT2D eigenvalue weighted by Gasteiger charge is 2.07. The van der Waals surface area contributed by atoms with E-state index in [9.17, 15) is 4.39 Å². The second kappa shape index (κ2) is 3.98. The molecule has 0 saturated carbocycles. The van der Waals surface area contributed by atoms with E-state index in [1.807, 2.05) is 18.5 Å². The predicted molar refractivity (Wildman–Crippen MR) is 58.1 cm³/mol. The predicted octanol–water partition coefficient (Wildman–Crippen LogP) is 1.82. The molecule has 0 saturated heterocycles. The van der Waals surface area contributed by atoms with Crippen LogP contribution in [-0.2, 0) is 13.6 Å². The van der Waals surface area contributed by atoms with Crippen LogP contribution in [0, 0.1) is 5.82 Å². The van der Waals surface area contributed by atoms with Gasteiger partial charge in [0.05, 0.1) is 17.6 Å². The Balaban J connectivity index is 2.45. The third kappa shape index (κ3) is 1.85. The Morgan fingerprint density at radius 3 is 3.00 bits per heavy atom. The summed E-state index contributed by atoms with van der Waals surface area (Å²) < 4.78 is 14.9. The monoisotopic (exact) mass is 207 g/mol. The molecule has 1 aromatic carbocycles. The molecule has 3 nitrogen and oxygen atoms in total. The average Bonchev–Trinajstić information content (AvgIpc) is 2.53. The van der Waals surface area contributed by atoms with Gasteiger partial charge in [-0.15, -0.1) is 0 Å². The quantitative estimate of drug-likeness (QED) is 0.832. The van der Waals surface area contributed by atoms with Crippen LogP contribution in [0.2, 0.25) is 0 Å². The summed E-state index contributed by atoms with van der Waals surface area (Å²) in [6.45, 7) is 3.66. The summed E-state index contributed by atoms with van der Waals surface area (Å²) in [6, 6.07) is 4.66. The number of benzene rings is 1. The highest BCUT2D eigenvalue weighted by molar-refractivity contribution is 5.75. The van der Waals surface area contributed by atoms with Crippen LogP contribution in [0.3, 0.4) is 0 Å². The van der Waals surface area contributed by atoms with Crippen molar-refractivity contribution >= 4 is 11.0 Å². The maximum absolute atomic E-state index is 13.0. The van der Waals surface area contributed by atoms with Crippen molar-refractivity contribution < 1.29 is 4.39 Å². The lowest BCUT2D eigenvalue weighted by molar-refractivity contribution is 0.628. The number of hydrogen-bond donors (Lipinski definition) is 1. The van der Waals surface area contributed by atoms with E-state index in [1.165, 1.54) is 12.1 Å². The molecule has 0 radical (unpaired) electrons. The average molecular weight is 207 g/mol. The van der Waals surface area contributed by atoms with E-state index >= 15 is 0 Å². The van der Waals surface area contributed by atoms with E-state index in [4.69, 9.17) is 0 Å². The van der Waals surface area contributed by atoms with Crippen LogP contribution in [0.4, 0.5) is 4.39 Å². The van der Waals surface area contributed by atoms with Gasteiger partial charge in [-0.1, -0.05) is 6.92 Å². The molecule has 1 aromatic heterocycles. The van der Waals surface area contributed by atoms with Gasteiger partial charge in [-0.2, -0.15) is 0 Å². The first-order valence-corrected chi connectivity index (χ1v) is 5.04. The Bertz CT molecular complexity index is 476. The molecule has 2 rings (SSSR count). The van der Waals surface area contributed by atoms with E-state index in [0.29, 0.717) is 6.54 Å². The van der Waals surface area contributed by atoms with E-state index in [2.05, 4.69) is 10.3 Å². The van der Waals surface area contributed by atoms with Crippen molar-refractivity contribution in [2.75, 3.05) is 6.54 Å². The van der Waals surface area contributed by atoms with Gasteiger partial charge >= 0.3 is 0 Å². The molecule has 1 heterocycles. The van der Waals surface area contributed by atoms with E-state index in [-0.39, 0.29) is 5.82 Å². The van der Waals surface area contributed by atoms with E-state index in [0.717, 1.165) is 23.4 Å². The number of fused-ring (bicyclic) bond motifs is 1. The molecule has 80 valence electrons. The molecular weight excluding hydrogens is 193 g/mol. The highest BCUT2D eigenvalue weighted by atomic mass is 19.1. The molecule has 15 heavy (non-hydrogen) atoms. The van der Waals surface area contributed by atoms with Crippen LogP contribution >= 0.6 is 0 Å². The Kier molecular flexibility index (Phi) is 2.68. The van der Waals surface area contributed by atoms with Crippen molar-refractivity contribution in [3.8, 4) is 0 Å². The first-order valence-electron chi connectivity index (χ1n) is 5.04. The number of rotatable bonds is 3. The lowest BCUT2D eigenvalue weighted by atomic mass is 10.3. The number of halogens is 1. The van der Waals surface area contributed by atoms with Crippen LogP contribution < -0.4 is 5.32 Å². The Hall–Kier alpha value is -1.42. The standard InChI is InChI=1S/C11H14FN3/c1-3-13-7-11-14-9-5-4-8(12)6-10(9)15(11)2/h4-6,13H,3,7H2,1-2H3. The molecule has 0 unspecified atom stereocenters. The number of imidazole rings is 1. The van der Waals surface area contributed by atoms with Gasteiger partial charge in [0.25, 0.3) is 0 Å². The second-order valence-corrected chi connectivity index (χ2v) is 3.50. The number of nitrogens with one attached hydrogen (secondary N) is 1. The van der Waals surface area contributed by atoms with Gasteiger partial charge in [-0.25, -0.2) is 9.37 Å². The SMILES string of the molecule is CCNCc1nc2ccc(F)cc2n1C. The summed E-state index contributed by atoms with van der Waals surface area (Å²) in [7, 11) is 1.90. The van der Waals surface area contributed by atoms with E-state index < -0.39 is 0 Å². The molecule has 0 aliphatic carbocycles. The van der Waals surface area contributed by atoms with E-state index in [1.54, 1.807) is 6.07 Å². The molecule has 0 atom stereocenters. The Labute approximate surface area is 87.9 Å². The summed E-state index contributed by atoms with van der Waals surface area (Å²) in [5.74, 6) is 0.706. The van der Waals surface area contributed by atoms with Crippen molar-refractivity contribution in [2.45, 2.75) is 13.5 Å². The van der Waals surface area contributed by atoms with Gasteiger partial charge in [0.2, 0.25) is 0 Å². The van der Waals surface area contributed by atoms with Gasteiger partial charge in [0, 0.05) is 7.05 Å². The van der Waals surface area contributed by atoms with Gasteiger partial charge < -0.3 is 9.88 Å². The molecule has 4 heteroatoms. The first-order chi connectivity index (χ1) is 7.22. The maximum atomic E-state index is 13.0. The fraction of sp³-hybridized carbons (Fsp3) is 0.364. The first kappa shape index (κ1) is 10.1. The molecule has 0 fully saturated rings. The summed E-state index contributed by atoms with van der Waals surface area (Å²) in [5.41, 5.74) is 1.68. The number of aromatic nitrogens is 2. The van der Waals surface area contributed by atoms with Gasteiger partial charge in [-0.05, 0) is 24.7 Å². The van der Waals surface area contributed by atoms with Crippen LogP contribution in [0.15, 0.2) is 18.2 Å². The lowest BCUT2D eigenvalue weighted by Gasteiger charge is -2.02. The molecule has 0 spiro atoms. The van der Waals surface area contributed by atoms with Crippen LogP contribution in [0.25, 0.3) is 11.0 Å². The fourth-order valence-electron chi connectivity index (χ4n) is 1.61.